The molecule has 0 aliphatic carbocycles. The smallest absolute Gasteiger partial charge is 0.233 e. The Morgan fingerprint density at radius 3 is 2.50 bits per heavy atom. The Kier molecular flexibility index (Phi) is 6.76. The molecule has 0 aromatic heterocycles. The Morgan fingerprint density at radius 1 is 1.33 bits per heavy atom. The average molecular weight is 172 g/mol. The maximum absolute atomic E-state index is 10.7. The van der Waals surface area contributed by atoms with Gasteiger partial charge in [-0.3, -0.25) is 10.2 Å². The molecule has 0 saturated heterocycles. The normalized spacial score (nSPS) is 10.3. The Morgan fingerprint density at radius 2 is 2.00 bits per heavy atom. The van der Waals surface area contributed by atoms with E-state index in [0.29, 0.717) is 6.42 Å². The predicted molar refractivity (Wildman–Crippen MR) is 50.3 cm³/mol. The van der Waals surface area contributed by atoms with Gasteiger partial charge in [-0.1, -0.05) is 33.1 Å². The van der Waals surface area contributed by atoms with Crippen LogP contribution in [-0.2, 0) is 4.79 Å². The second-order valence-corrected chi connectivity index (χ2v) is 3.56. The second kappa shape index (κ2) is 7.10. The molecule has 12 heavy (non-hydrogen) atoms. The summed E-state index contributed by atoms with van der Waals surface area (Å²) in [6, 6.07) is 0. The molecule has 0 radical (unpaired) electrons. The van der Waals surface area contributed by atoms with Crippen LogP contribution < -0.4 is 11.3 Å². The van der Waals surface area contributed by atoms with Crippen molar-refractivity contribution in [2.24, 2.45) is 11.8 Å². The van der Waals surface area contributed by atoms with E-state index in [1.54, 1.807) is 0 Å². The summed E-state index contributed by atoms with van der Waals surface area (Å²) in [6.45, 7) is 4.43. The van der Waals surface area contributed by atoms with Crippen LogP contribution in [0.1, 0.15) is 46.0 Å². The van der Waals surface area contributed by atoms with E-state index in [4.69, 9.17) is 5.84 Å². The van der Waals surface area contributed by atoms with Gasteiger partial charge in [-0.25, -0.2) is 5.84 Å². The highest BCUT2D eigenvalue weighted by molar-refractivity contribution is 5.74. The highest BCUT2D eigenvalue weighted by Gasteiger charge is 1.98. The van der Waals surface area contributed by atoms with Gasteiger partial charge in [0.15, 0.2) is 0 Å². The topological polar surface area (TPSA) is 55.1 Å². The van der Waals surface area contributed by atoms with Crippen molar-refractivity contribution in [3.63, 3.8) is 0 Å². The van der Waals surface area contributed by atoms with Crippen molar-refractivity contribution in [3.8, 4) is 0 Å². The lowest BCUT2D eigenvalue weighted by Crippen LogP contribution is -2.29. The van der Waals surface area contributed by atoms with Crippen LogP contribution in [0.3, 0.4) is 0 Å². The van der Waals surface area contributed by atoms with Crippen LogP contribution in [0.5, 0.6) is 0 Å². The fourth-order valence-electron chi connectivity index (χ4n) is 1.09. The number of unbranched alkanes of at least 4 members (excludes halogenated alkanes) is 2. The van der Waals surface area contributed by atoms with Crippen molar-refractivity contribution >= 4 is 5.91 Å². The molecule has 0 saturated carbocycles. The number of amides is 1. The number of hydrogen-bond donors (Lipinski definition) is 2. The first-order valence-electron chi connectivity index (χ1n) is 4.66. The summed E-state index contributed by atoms with van der Waals surface area (Å²) in [7, 11) is 0. The second-order valence-electron chi connectivity index (χ2n) is 3.56. The SMILES string of the molecule is CC(C)CCCCCC(=O)NN. The first kappa shape index (κ1) is 11.4. The Hall–Kier alpha value is -0.570. The lowest BCUT2D eigenvalue weighted by Gasteiger charge is -2.03. The third-order valence-electron chi connectivity index (χ3n) is 1.85. The number of carbonyl (C=O) groups is 1. The van der Waals surface area contributed by atoms with E-state index in [9.17, 15) is 4.79 Å². The van der Waals surface area contributed by atoms with Gasteiger partial charge in [0.05, 0.1) is 0 Å². The van der Waals surface area contributed by atoms with Gasteiger partial charge >= 0.3 is 0 Å². The molecule has 0 spiro atoms. The Bertz CT molecular complexity index is 124. The maximum atomic E-state index is 10.7. The quantitative estimate of drug-likeness (QED) is 0.276. The summed E-state index contributed by atoms with van der Waals surface area (Å²) in [6.07, 6.45) is 5.12. The van der Waals surface area contributed by atoms with Crippen molar-refractivity contribution < 1.29 is 4.79 Å². The van der Waals surface area contributed by atoms with E-state index < -0.39 is 0 Å². The van der Waals surface area contributed by atoms with Crippen LogP contribution >= 0.6 is 0 Å². The molecule has 0 aromatic rings. The van der Waals surface area contributed by atoms with E-state index in [1.807, 2.05) is 0 Å². The van der Waals surface area contributed by atoms with E-state index in [1.165, 1.54) is 12.8 Å². The molecule has 0 bridgehead atoms. The number of hydrogen-bond acceptors (Lipinski definition) is 2. The minimum atomic E-state index is -0.0560. The summed E-state index contributed by atoms with van der Waals surface area (Å²) < 4.78 is 0. The molecule has 0 aliphatic rings. The lowest BCUT2D eigenvalue weighted by atomic mass is 10.0. The van der Waals surface area contributed by atoms with E-state index >= 15 is 0 Å². The number of rotatable bonds is 6. The molecule has 0 atom stereocenters. The van der Waals surface area contributed by atoms with Gasteiger partial charge in [0, 0.05) is 6.42 Å². The first-order valence-corrected chi connectivity index (χ1v) is 4.66. The van der Waals surface area contributed by atoms with Crippen molar-refractivity contribution in [1.82, 2.24) is 5.43 Å². The van der Waals surface area contributed by atoms with Crippen molar-refractivity contribution in [1.29, 1.82) is 0 Å². The molecule has 3 nitrogen and oxygen atoms in total. The van der Waals surface area contributed by atoms with Crippen molar-refractivity contribution in [2.45, 2.75) is 46.0 Å². The van der Waals surface area contributed by atoms with Gasteiger partial charge in [0.1, 0.15) is 0 Å². The summed E-state index contributed by atoms with van der Waals surface area (Å²) >= 11 is 0. The number of hydrazine groups is 1. The predicted octanol–water partition coefficient (Wildman–Crippen LogP) is 1.58. The summed E-state index contributed by atoms with van der Waals surface area (Å²) in [5.74, 6) is 5.65. The molecule has 0 heterocycles. The Balaban J connectivity index is 3.05. The van der Waals surface area contributed by atoms with Gasteiger partial charge in [-0.2, -0.15) is 0 Å². The fourth-order valence-corrected chi connectivity index (χ4v) is 1.09. The van der Waals surface area contributed by atoms with Gasteiger partial charge in [-0.15, -0.1) is 0 Å². The standard InChI is InChI=1S/C9H20N2O/c1-8(2)6-4-3-5-7-9(12)11-10/h8H,3-7,10H2,1-2H3,(H,11,12). The molecule has 0 aliphatic heterocycles. The van der Waals surface area contributed by atoms with Crippen molar-refractivity contribution in [3.05, 3.63) is 0 Å². The molecule has 0 aromatic carbocycles. The minimum absolute atomic E-state index is 0.0560. The van der Waals surface area contributed by atoms with Gasteiger partial charge < -0.3 is 0 Å². The Labute approximate surface area is 74.7 Å². The number of nitrogens with two attached hydrogens (primary N) is 1. The molecule has 0 rings (SSSR count). The summed E-state index contributed by atoms with van der Waals surface area (Å²) in [4.78, 5) is 10.7. The van der Waals surface area contributed by atoms with Crippen LogP contribution in [0.25, 0.3) is 0 Å². The monoisotopic (exact) mass is 172 g/mol. The zero-order valence-corrected chi connectivity index (χ0v) is 8.10. The van der Waals surface area contributed by atoms with E-state index in [-0.39, 0.29) is 5.91 Å². The van der Waals surface area contributed by atoms with E-state index in [2.05, 4.69) is 19.3 Å². The molecule has 1 amide bonds. The third kappa shape index (κ3) is 7.54. The molecule has 0 fully saturated rings. The van der Waals surface area contributed by atoms with Gasteiger partial charge in [0.25, 0.3) is 0 Å². The highest BCUT2D eigenvalue weighted by atomic mass is 16.2. The highest BCUT2D eigenvalue weighted by Crippen LogP contribution is 2.08. The molecule has 3 heteroatoms. The van der Waals surface area contributed by atoms with E-state index in [0.717, 1.165) is 18.8 Å². The lowest BCUT2D eigenvalue weighted by molar-refractivity contribution is -0.121. The zero-order valence-electron chi connectivity index (χ0n) is 8.10. The van der Waals surface area contributed by atoms with Gasteiger partial charge in [0.2, 0.25) is 5.91 Å². The molecule has 0 unspecified atom stereocenters. The molecular weight excluding hydrogens is 152 g/mol. The summed E-state index contributed by atoms with van der Waals surface area (Å²) in [5.41, 5.74) is 2.13. The summed E-state index contributed by atoms with van der Waals surface area (Å²) in [5, 5.41) is 0. The molecule has 72 valence electrons. The molecule has 3 N–H and O–H groups in total. The van der Waals surface area contributed by atoms with Crippen LogP contribution in [0.15, 0.2) is 0 Å². The average Bonchev–Trinajstić information content (AvgIpc) is 2.03. The number of nitrogens with one attached hydrogen (secondary N) is 1. The van der Waals surface area contributed by atoms with Gasteiger partial charge in [-0.05, 0) is 12.3 Å². The third-order valence-corrected chi connectivity index (χ3v) is 1.85. The van der Waals surface area contributed by atoms with Crippen LogP contribution in [0.4, 0.5) is 0 Å². The maximum Gasteiger partial charge on any atom is 0.233 e. The van der Waals surface area contributed by atoms with Crippen molar-refractivity contribution in [2.75, 3.05) is 0 Å². The zero-order chi connectivity index (χ0) is 9.40. The van der Waals surface area contributed by atoms with Crippen LogP contribution in [0, 0.1) is 5.92 Å². The first-order chi connectivity index (χ1) is 5.66. The van der Waals surface area contributed by atoms with Crippen LogP contribution in [0.2, 0.25) is 0 Å². The minimum Gasteiger partial charge on any atom is -0.294 e. The molecular formula is C9H20N2O. The fraction of sp³-hybridized carbons (Fsp3) is 0.889. The number of carbonyl (C=O) groups excluding carboxylic acids is 1. The largest absolute Gasteiger partial charge is 0.294 e. The van der Waals surface area contributed by atoms with Crippen LogP contribution in [-0.4, -0.2) is 5.91 Å².